The van der Waals surface area contributed by atoms with Gasteiger partial charge in [-0.3, -0.25) is 9.59 Å². The monoisotopic (exact) mass is 402 g/mol. The van der Waals surface area contributed by atoms with Gasteiger partial charge in [0, 0.05) is 39.7 Å². The molecule has 156 valence electrons. The number of nitrogens with one attached hydrogen (secondary N) is 2. The van der Waals surface area contributed by atoms with E-state index in [1.54, 1.807) is 0 Å². The highest BCUT2D eigenvalue weighted by atomic mass is 16.2. The number of allylic oxidation sites excluding steroid dienone is 3. The summed E-state index contributed by atoms with van der Waals surface area (Å²) >= 11 is 0. The zero-order valence-electron chi connectivity index (χ0n) is 18.4. The SMILES string of the molecule is CC1=C(C(=O)Nc2ccccc2C)C(CC(C)C)C(C(=O)c2ccccc2)=C(C)N1. The van der Waals surface area contributed by atoms with Crippen LogP contribution in [0, 0.1) is 18.8 Å². The Bertz CT molecular complexity index is 1020. The molecule has 0 aromatic heterocycles. The number of ketones is 1. The van der Waals surface area contributed by atoms with Gasteiger partial charge in [0.1, 0.15) is 0 Å². The van der Waals surface area contributed by atoms with Crippen molar-refractivity contribution in [3.05, 3.63) is 88.3 Å². The smallest absolute Gasteiger partial charge is 0.253 e. The van der Waals surface area contributed by atoms with E-state index in [1.165, 1.54) is 0 Å². The predicted octanol–water partition coefficient (Wildman–Crippen LogP) is 5.63. The minimum atomic E-state index is -0.261. The molecule has 0 fully saturated rings. The van der Waals surface area contributed by atoms with Crippen LogP contribution in [0.2, 0.25) is 0 Å². The molecule has 1 aliphatic rings. The molecule has 0 saturated heterocycles. The molecule has 30 heavy (non-hydrogen) atoms. The van der Waals surface area contributed by atoms with Gasteiger partial charge in [-0.25, -0.2) is 0 Å². The second-order valence-electron chi connectivity index (χ2n) is 8.35. The van der Waals surface area contributed by atoms with Crippen LogP contribution in [0.1, 0.15) is 50.0 Å². The van der Waals surface area contributed by atoms with Crippen molar-refractivity contribution in [1.82, 2.24) is 5.32 Å². The number of dihydropyridines is 1. The van der Waals surface area contributed by atoms with Gasteiger partial charge in [-0.05, 0) is 44.7 Å². The van der Waals surface area contributed by atoms with Gasteiger partial charge in [0.05, 0.1) is 0 Å². The third kappa shape index (κ3) is 4.54. The Morgan fingerprint density at radius 3 is 2.13 bits per heavy atom. The van der Waals surface area contributed by atoms with Crippen LogP contribution in [0.4, 0.5) is 5.69 Å². The normalized spacial score (nSPS) is 16.5. The molecule has 1 atom stereocenters. The lowest BCUT2D eigenvalue weighted by molar-refractivity contribution is -0.113. The lowest BCUT2D eigenvalue weighted by atomic mass is 9.77. The molecule has 1 amide bonds. The molecule has 3 rings (SSSR count). The van der Waals surface area contributed by atoms with E-state index in [2.05, 4.69) is 24.5 Å². The number of rotatable bonds is 6. The molecule has 2 aromatic carbocycles. The van der Waals surface area contributed by atoms with Gasteiger partial charge >= 0.3 is 0 Å². The maximum Gasteiger partial charge on any atom is 0.253 e. The van der Waals surface area contributed by atoms with Crippen molar-refractivity contribution in [2.24, 2.45) is 11.8 Å². The molecule has 0 aliphatic carbocycles. The summed E-state index contributed by atoms with van der Waals surface area (Å²) in [7, 11) is 0. The fourth-order valence-corrected chi connectivity index (χ4v) is 4.09. The van der Waals surface area contributed by atoms with Crippen molar-refractivity contribution >= 4 is 17.4 Å². The molecule has 2 aromatic rings. The Balaban J connectivity index is 2.01. The van der Waals surface area contributed by atoms with E-state index in [1.807, 2.05) is 75.4 Å². The van der Waals surface area contributed by atoms with E-state index in [9.17, 15) is 9.59 Å². The van der Waals surface area contributed by atoms with Gasteiger partial charge in [0.2, 0.25) is 0 Å². The first kappa shape index (κ1) is 21.6. The lowest BCUT2D eigenvalue weighted by Gasteiger charge is -2.32. The summed E-state index contributed by atoms with van der Waals surface area (Å²) in [5, 5.41) is 6.35. The fraction of sp³-hybridized carbons (Fsp3) is 0.308. The highest BCUT2D eigenvalue weighted by molar-refractivity contribution is 6.13. The average Bonchev–Trinajstić information content (AvgIpc) is 2.69. The van der Waals surface area contributed by atoms with Gasteiger partial charge in [-0.1, -0.05) is 62.4 Å². The molecule has 4 heteroatoms. The second kappa shape index (κ2) is 9.12. The number of carbonyl (C=O) groups excluding carboxylic acids is 2. The van der Waals surface area contributed by atoms with Crippen molar-refractivity contribution in [1.29, 1.82) is 0 Å². The third-order valence-electron chi connectivity index (χ3n) is 5.51. The number of para-hydroxylation sites is 1. The van der Waals surface area contributed by atoms with Gasteiger partial charge in [0.15, 0.2) is 5.78 Å². The Kier molecular flexibility index (Phi) is 6.56. The van der Waals surface area contributed by atoms with Crippen molar-refractivity contribution in [3.63, 3.8) is 0 Å². The summed E-state index contributed by atoms with van der Waals surface area (Å²) in [6, 6.07) is 17.0. The number of Topliss-reactive ketones (excluding diaryl/α,β-unsaturated/α-hetero) is 1. The first-order valence-electron chi connectivity index (χ1n) is 10.4. The predicted molar refractivity (Wildman–Crippen MR) is 122 cm³/mol. The van der Waals surface area contributed by atoms with E-state index < -0.39 is 0 Å². The first-order chi connectivity index (χ1) is 14.3. The molecule has 1 unspecified atom stereocenters. The van der Waals surface area contributed by atoms with Crippen molar-refractivity contribution in [2.75, 3.05) is 5.32 Å². The molecular formula is C26H30N2O2. The Labute approximate surface area is 179 Å². The van der Waals surface area contributed by atoms with E-state index in [-0.39, 0.29) is 17.6 Å². The molecular weight excluding hydrogens is 372 g/mol. The van der Waals surface area contributed by atoms with Crippen LogP contribution in [-0.2, 0) is 4.79 Å². The Morgan fingerprint density at radius 2 is 1.50 bits per heavy atom. The van der Waals surface area contributed by atoms with Gasteiger partial charge in [-0.15, -0.1) is 0 Å². The van der Waals surface area contributed by atoms with Crippen molar-refractivity contribution in [2.45, 2.75) is 41.0 Å². The minimum Gasteiger partial charge on any atom is -0.362 e. The number of hydrogen-bond donors (Lipinski definition) is 2. The minimum absolute atomic E-state index is 0.0278. The molecule has 0 spiro atoms. The van der Waals surface area contributed by atoms with E-state index >= 15 is 0 Å². The van der Waals surface area contributed by atoms with Crippen molar-refractivity contribution < 1.29 is 9.59 Å². The van der Waals surface area contributed by atoms with E-state index in [0.717, 1.165) is 29.1 Å². The fourth-order valence-electron chi connectivity index (χ4n) is 4.09. The highest BCUT2D eigenvalue weighted by Crippen LogP contribution is 2.37. The molecule has 0 radical (unpaired) electrons. The maximum atomic E-state index is 13.4. The maximum absolute atomic E-state index is 13.4. The summed E-state index contributed by atoms with van der Waals surface area (Å²) in [6.07, 6.45) is 0.723. The largest absolute Gasteiger partial charge is 0.362 e. The first-order valence-corrected chi connectivity index (χ1v) is 10.4. The summed E-state index contributed by atoms with van der Waals surface area (Å²) in [6.45, 7) is 10.0. The Morgan fingerprint density at radius 1 is 0.900 bits per heavy atom. The highest BCUT2D eigenvalue weighted by Gasteiger charge is 2.35. The molecule has 0 saturated carbocycles. The van der Waals surface area contributed by atoms with Crippen LogP contribution in [0.5, 0.6) is 0 Å². The molecule has 0 bridgehead atoms. The molecule has 4 nitrogen and oxygen atoms in total. The number of amides is 1. The van der Waals surface area contributed by atoms with Gasteiger partial charge < -0.3 is 10.6 Å². The lowest BCUT2D eigenvalue weighted by Crippen LogP contribution is -2.35. The number of carbonyl (C=O) groups is 2. The van der Waals surface area contributed by atoms with Crippen LogP contribution < -0.4 is 10.6 Å². The van der Waals surface area contributed by atoms with Crippen LogP contribution in [-0.4, -0.2) is 11.7 Å². The average molecular weight is 403 g/mol. The Hall–Kier alpha value is -3.14. The summed E-state index contributed by atoms with van der Waals surface area (Å²) < 4.78 is 0. The van der Waals surface area contributed by atoms with Crippen LogP contribution >= 0.6 is 0 Å². The van der Waals surface area contributed by atoms with Crippen LogP contribution in [0.3, 0.4) is 0 Å². The van der Waals surface area contributed by atoms with Crippen molar-refractivity contribution in [3.8, 4) is 0 Å². The molecule has 1 heterocycles. The van der Waals surface area contributed by atoms with E-state index in [0.29, 0.717) is 22.6 Å². The van der Waals surface area contributed by atoms with Gasteiger partial charge in [-0.2, -0.15) is 0 Å². The number of anilines is 1. The summed E-state index contributed by atoms with van der Waals surface area (Å²) in [4.78, 5) is 26.8. The molecule has 1 aliphatic heterocycles. The standard InChI is InChI=1S/C26H30N2O2/c1-16(2)15-21-23(25(29)20-12-7-6-8-13-20)18(4)27-19(5)24(21)26(30)28-22-14-10-9-11-17(22)3/h6-14,16,21,27H,15H2,1-5H3,(H,28,30). The van der Waals surface area contributed by atoms with Crippen LogP contribution in [0.15, 0.2) is 77.1 Å². The zero-order chi connectivity index (χ0) is 21.8. The zero-order valence-corrected chi connectivity index (χ0v) is 18.4. The number of hydrogen-bond acceptors (Lipinski definition) is 3. The summed E-state index contributed by atoms with van der Waals surface area (Å²) in [5.74, 6) is -0.123. The number of aryl methyl sites for hydroxylation is 1. The van der Waals surface area contributed by atoms with Crippen LogP contribution in [0.25, 0.3) is 0 Å². The van der Waals surface area contributed by atoms with Gasteiger partial charge in [0.25, 0.3) is 5.91 Å². The quantitative estimate of drug-likeness (QED) is 0.616. The topological polar surface area (TPSA) is 58.2 Å². The number of benzene rings is 2. The third-order valence-corrected chi connectivity index (χ3v) is 5.51. The summed E-state index contributed by atoms with van der Waals surface area (Å²) in [5.41, 5.74) is 5.36. The second-order valence-corrected chi connectivity index (χ2v) is 8.35. The van der Waals surface area contributed by atoms with E-state index in [4.69, 9.17) is 0 Å². The molecule has 2 N–H and O–H groups in total.